The summed E-state index contributed by atoms with van der Waals surface area (Å²) in [4.78, 5) is 10.3. The molecule has 0 aliphatic rings. The quantitative estimate of drug-likeness (QED) is 0.243. The van der Waals surface area contributed by atoms with Crippen molar-refractivity contribution in [1.29, 1.82) is 0 Å². The zero-order chi connectivity index (χ0) is 15.8. The number of carboxylic acid groups (broad SMARTS) is 1. The van der Waals surface area contributed by atoms with E-state index in [9.17, 15) is 9.90 Å². The van der Waals surface area contributed by atoms with E-state index in [0.717, 1.165) is 51.4 Å². The molecular formula is C18H32O3. The van der Waals surface area contributed by atoms with Crippen LogP contribution in [-0.2, 0) is 4.79 Å². The number of aliphatic hydroxyl groups excluding tert-OH is 1. The molecule has 0 amide bonds. The summed E-state index contributed by atoms with van der Waals surface area (Å²) in [7, 11) is 0. The van der Waals surface area contributed by atoms with Crippen LogP contribution in [0.15, 0.2) is 24.0 Å². The van der Waals surface area contributed by atoms with Crippen LogP contribution in [0.25, 0.3) is 0 Å². The van der Waals surface area contributed by atoms with Crippen molar-refractivity contribution in [3.05, 3.63) is 24.0 Å². The van der Waals surface area contributed by atoms with Crippen LogP contribution in [0.4, 0.5) is 0 Å². The zero-order valence-corrected chi connectivity index (χ0v) is 13.5. The fraction of sp³-hybridized carbons (Fsp3) is 0.722. The Hall–Kier alpha value is -1.25. The van der Waals surface area contributed by atoms with E-state index in [1.807, 2.05) is 6.08 Å². The first-order chi connectivity index (χ1) is 10.2. The van der Waals surface area contributed by atoms with Crippen LogP contribution in [0, 0.1) is 0 Å². The topological polar surface area (TPSA) is 57.5 Å². The lowest BCUT2D eigenvalue weighted by Gasteiger charge is -1.99. The summed E-state index contributed by atoms with van der Waals surface area (Å²) >= 11 is 0. The van der Waals surface area contributed by atoms with Crippen LogP contribution in [0.3, 0.4) is 0 Å². The van der Waals surface area contributed by atoms with Gasteiger partial charge in [0.2, 0.25) is 0 Å². The van der Waals surface area contributed by atoms with Gasteiger partial charge < -0.3 is 10.2 Å². The predicted octanol–water partition coefficient (Wildman–Crippen LogP) is 5.77. The van der Waals surface area contributed by atoms with Gasteiger partial charge in [-0.2, -0.15) is 0 Å². The Balaban J connectivity index is 3.36. The summed E-state index contributed by atoms with van der Waals surface area (Å²) in [6.45, 7) is 2.16. The van der Waals surface area contributed by atoms with Crippen LogP contribution in [0.2, 0.25) is 0 Å². The highest BCUT2D eigenvalue weighted by Gasteiger charge is 1.96. The second-order valence-corrected chi connectivity index (χ2v) is 5.56. The molecule has 3 heteroatoms. The highest BCUT2D eigenvalue weighted by Crippen LogP contribution is 2.09. The summed E-state index contributed by atoms with van der Waals surface area (Å²) in [6, 6.07) is 0. The normalized spacial score (nSPS) is 12.1. The summed E-state index contributed by atoms with van der Waals surface area (Å²) in [5, 5.41) is 18.1. The van der Waals surface area contributed by atoms with Gasteiger partial charge in [0.15, 0.2) is 0 Å². The van der Waals surface area contributed by atoms with E-state index >= 15 is 0 Å². The summed E-state index contributed by atoms with van der Waals surface area (Å²) in [6.07, 6.45) is 17.9. The van der Waals surface area contributed by atoms with Gasteiger partial charge in [-0.3, -0.25) is 4.79 Å². The molecule has 0 aromatic rings. The molecule has 0 saturated heterocycles. The maximum Gasteiger partial charge on any atom is 0.303 e. The molecule has 2 N–H and O–H groups in total. The van der Waals surface area contributed by atoms with E-state index in [-0.39, 0.29) is 0 Å². The summed E-state index contributed by atoms with van der Waals surface area (Å²) in [5.41, 5.74) is 0. The molecule has 0 spiro atoms. The standard InChI is InChI=1S/C18H32O3/c1-2-3-11-14-17(19)15-12-9-7-5-4-6-8-10-13-16-18(20)21/h7,9,15,19H,2-6,8,10-14,16H2,1H3,(H,20,21)/b9-7-,17-15+. The van der Waals surface area contributed by atoms with Crippen molar-refractivity contribution < 1.29 is 15.0 Å². The molecule has 0 fully saturated rings. The molecule has 0 bridgehead atoms. The summed E-state index contributed by atoms with van der Waals surface area (Å²) < 4.78 is 0. The Bertz CT molecular complexity index is 306. The molecule has 0 atom stereocenters. The SMILES string of the molecule is CCCCC/C(O)=C\C/C=C\CCCCCCCC(=O)O. The number of hydrogen-bond donors (Lipinski definition) is 2. The minimum Gasteiger partial charge on any atom is -0.513 e. The largest absolute Gasteiger partial charge is 0.513 e. The highest BCUT2D eigenvalue weighted by molar-refractivity contribution is 5.66. The van der Waals surface area contributed by atoms with Crippen molar-refractivity contribution in [1.82, 2.24) is 0 Å². The highest BCUT2D eigenvalue weighted by atomic mass is 16.4. The van der Waals surface area contributed by atoms with Gasteiger partial charge in [-0.15, -0.1) is 0 Å². The maximum absolute atomic E-state index is 10.3. The molecule has 0 rings (SSSR count). The first kappa shape index (κ1) is 19.8. The van der Waals surface area contributed by atoms with Gasteiger partial charge in [0.25, 0.3) is 0 Å². The maximum atomic E-state index is 10.3. The van der Waals surface area contributed by atoms with E-state index in [1.165, 1.54) is 19.3 Å². The number of unbranched alkanes of at least 4 members (excludes halogenated alkanes) is 7. The lowest BCUT2D eigenvalue weighted by atomic mass is 10.1. The van der Waals surface area contributed by atoms with Gasteiger partial charge in [-0.05, 0) is 38.2 Å². The predicted molar refractivity (Wildman–Crippen MR) is 88.6 cm³/mol. The molecule has 0 aromatic carbocycles. The number of carbonyl (C=O) groups is 1. The van der Waals surface area contributed by atoms with E-state index in [1.54, 1.807) is 0 Å². The molecule has 0 radical (unpaired) electrons. The summed E-state index contributed by atoms with van der Waals surface area (Å²) in [5.74, 6) is -0.171. The van der Waals surface area contributed by atoms with Gasteiger partial charge in [-0.25, -0.2) is 0 Å². The fourth-order valence-electron chi connectivity index (χ4n) is 2.15. The van der Waals surface area contributed by atoms with Crippen LogP contribution in [-0.4, -0.2) is 16.2 Å². The number of aliphatic carboxylic acids is 1. The molecule has 0 saturated carbocycles. The molecule has 21 heavy (non-hydrogen) atoms. The van der Waals surface area contributed by atoms with Gasteiger partial charge >= 0.3 is 5.97 Å². The Morgan fingerprint density at radius 3 is 2.24 bits per heavy atom. The van der Waals surface area contributed by atoms with Gasteiger partial charge in [-0.1, -0.05) is 51.2 Å². The van der Waals surface area contributed by atoms with Crippen molar-refractivity contribution in [2.75, 3.05) is 0 Å². The number of allylic oxidation sites excluding steroid dienone is 4. The Labute approximate surface area is 129 Å². The lowest BCUT2D eigenvalue weighted by Crippen LogP contribution is -1.93. The van der Waals surface area contributed by atoms with Crippen molar-refractivity contribution in [2.45, 2.75) is 84.0 Å². The van der Waals surface area contributed by atoms with Gasteiger partial charge in [0, 0.05) is 12.8 Å². The first-order valence-corrected chi connectivity index (χ1v) is 8.41. The van der Waals surface area contributed by atoms with Gasteiger partial charge in [0.1, 0.15) is 0 Å². The average Bonchev–Trinajstić information content (AvgIpc) is 2.44. The third-order valence-electron chi connectivity index (χ3n) is 3.45. The second-order valence-electron chi connectivity index (χ2n) is 5.56. The lowest BCUT2D eigenvalue weighted by molar-refractivity contribution is -0.137. The van der Waals surface area contributed by atoms with Crippen LogP contribution in [0.1, 0.15) is 84.0 Å². The molecule has 0 heterocycles. The van der Waals surface area contributed by atoms with Crippen LogP contribution in [0.5, 0.6) is 0 Å². The smallest absolute Gasteiger partial charge is 0.303 e. The van der Waals surface area contributed by atoms with Crippen molar-refractivity contribution in [3.8, 4) is 0 Å². The van der Waals surface area contributed by atoms with E-state index in [0.29, 0.717) is 12.2 Å². The Morgan fingerprint density at radius 2 is 1.52 bits per heavy atom. The van der Waals surface area contributed by atoms with Crippen molar-refractivity contribution in [2.24, 2.45) is 0 Å². The Morgan fingerprint density at radius 1 is 0.857 bits per heavy atom. The number of aliphatic hydroxyl groups is 1. The third kappa shape index (κ3) is 16.7. The molecule has 3 nitrogen and oxygen atoms in total. The zero-order valence-electron chi connectivity index (χ0n) is 13.5. The Kier molecular flexibility index (Phi) is 14.2. The number of rotatable bonds is 14. The third-order valence-corrected chi connectivity index (χ3v) is 3.45. The second kappa shape index (κ2) is 15.1. The monoisotopic (exact) mass is 296 g/mol. The first-order valence-electron chi connectivity index (χ1n) is 8.41. The number of hydrogen-bond acceptors (Lipinski definition) is 2. The van der Waals surface area contributed by atoms with Crippen molar-refractivity contribution in [3.63, 3.8) is 0 Å². The van der Waals surface area contributed by atoms with Gasteiger partial charge in [0.05, 0.1) is 5.76 Å². The molecule has 0 aromatic heterocycles. The van der Waals surface area contributed by atoms with Crippen LogP contribution < -0.4 is 0 Å². The molecular weight excluding hydrogens is 264 g/mol. The average molecular weight is 296 g/mol. The molecule has 0 aliphatic heterocycles. The van der Waals surface area contributed by atoms with E-state index in [2.05, 4.69) is 19.1 Å². The minimum absolute atomic E-state index is 0.300. The van der Waals surface area contributed by atoms with E-state index < -0.39 is 5.97 Å². The molecule has 122 valence electrons. The van der Waals surface area contributed by atoms with Crippen LogP contribution >= 0.6 is 0 Å². The number of carboxylic acids is 1. The minimum atomic E-state index is -0.691. The molecule has 0 unspecified atom stereocenters. The fourth-order valence-corrected chi connectivity index (χ4v) is 2.15. The van der Waals surface area contributed by atoms with E-state index in [4.69, 9.17) is 5.11 Å². The molecule has 0 aliphatic carbocycles. The van der Waals surface area contributed by atoms with Crippen molar-refractivity contribution >= 4 is 5.97 Å².